The van der Waals surface area contributed by atoms with Gasteiger partial charge in [0, 0.05) is 26.1 Å². The summed E-state index contributed by atoms with van der Waals surface area (Å²) in [6, 6.07) is 0. The van der Waals surface area contributed by atoms with Gasteiger partial charge in [-0.3, -0.25) is 9.69 Å². The summed E-state index contributed by atoms with van der Waals surface area (Å²) < 4.78 is 4.75. The van der Waals surface area contributed by atoms with E-state index in [-0.39, 0.29) is 19.8 Å². The number of aliphatic hydroxyl groups excluding tert-OH is 3. The number of hydrogen-bond donors (Lipinski definition) is 4. The van der Waals surface area contributed by atoms with Crippen molar-refractivity contribution in [2.75, 3.05) is 39.5 Å². The van der Waals surface area contributed by atoms with Crippen LogP contribution in [0.2, 0.25) is 0 Å². The molecule has 0 heterocycles. The Morgan fingerprint density at radius 1 is 0.793 bits per heavy atom. The topological polar surface area (TPSA) is 128 Å². The van der Waals surface area contributed by atoms with Crippen LogP contribution in [-0.2, 0) is 14.3 Å². The Hall–Kier alpha value is -1.22. The number of carboxylic acid groups (broad SMARTS) is 1. The van der Waals surface area contributed by atoms with Crippen molar-refractivity contribution in [3.63, 3.8) is 0 Å². The summed E-state index contributed by atoms with van der Waals surface area (Å²) in [5.41, 5.74) is 0. The van der Waals surface area contributed by atoms with Crippen LogP contribution in [0.15, 0.2) is 0 Å². The Morgan fingerprint density at radius 2 is 1.21 bits per heavy atom. The van der Waals surface area contributed by atoms with Crippen LogP contribution in [-0.4, -0.2) is 82.8 Å². The minimum absolute atomic E-state index is 0.0694. The maximum absolute atomic E-state index is 11.3. The molecule has 0 rings (SSSR count). The van der Waals surface area contributed by atoms with Crippen LogP contribution >= 0.6 is 0 Å². The van der Waals surface area contributed by atoms with Gasteiger partial charge in [-0.25, -0.2) is 4.79 Å². The molecule has 0 aliphatic heterocycles. The fourth-order valence-electron chi connectivity index (χ4n) is 2.65. The summed E-state index contributed by atoms with van der Waals surface area (Å²) in [5.74, 6) is -1.50. The Bertz CT molecular complexity index is 366. The number of carbonyl (C=O) groups excluding carboxylic acids is 1. The second kappa shape index (κ2) is 23.1. The molecule has 0 aliphatic carbocycles. The van der Waals surface area contributed by atoms with Crippen molar-refractivity contribution in [1.29, 1.82) is 0 Å². The van der Waals surface area contributed by atoms with Crippen molar-refractivity contribution >= 4 is 11.9 Å². The highest BCUT2D eigenvalue weighted by Gasteiger charge is 2.15. The third-order valence-corrected chi connectivity index (χ3v) is 4.39. The molecule has 0 bridgehead atoms. The predicted octanol–water partition coefficient (Wildman–Crippen LogP) is 2.19. The van der Waals surface area contributed by atoms with Crippen LogP contribution in [0.25, 0.3) is 0 Å². The lowest BCUT2D eigenvalue weighted by atomic mass is 10.1. The van der Waals surface area contributed by atoms with Crippen LogP contribution in [0, 0.1) is 0 Å². The molecule has 0 aromatic heterocycles. The number of nitrogens with zero attached hydrogens (tertiary/aromatic N) is 1. The molecule has 0 amide bonds. The Morgan fingerprint density at radius 3 is 1.59 bits per heavy atom. The average molecular weight is 422 g/mol. The SMILES string of the molecule is CCCCCCCCCCCC(=O)OC(C)C(=O)O.OCCN(CCO)CCO. The lowest BCUT2D eigenvalue weighted by molar-refractivity contribution is -0.162. The first-order chi connectivity index (χ1) is 13.9. The first-order valence-electron chi connectivity index (χ1n) is 10.9. The van der Waals surface area contributed by atoms with Gasteiger partial charge in [0.05, 0.1) is 19.8 Å². The third kappa shape index (κ3) is 22.9. The fraction of sp³-hybridized carbons (Fsp3) is 0.905. The molecule has 174 valence electrons. The quantitative estimate of drug-likeness (QED) is 0.196. The molecule has 1 atom stereocenters. The van der Waals surface area contributed by atoms with Crippen LogP contribution in [0.3, 0.4) is 0 Å². The highest BCUT2D eigenvalue weighted by molar-refractivity contribution is 5.77. The van der Waals surface area contributed by atoms with Gasteiger partial charge in [0.15, 0.2) is 6.10 Å². The van der Waals surface area contributed by atoms with E-state index in [4.69, 9.17) is 25.2 Å². The molecule has 8 nitrogen and oxygen atoms in total. The highest BCUT2D eigenvalue weighted by Crippen LogP contribution is 2.11. The second-order valence-electron chi connectivity index (χ2n) is 7.06. The summed E-state index contributed by atoms with van der Waals surface area (Å²) in [7, 11) is 0. The average Bonchev–Trinajstić information content (AvgIpc) is 2.67. The third-order valence-electron chi connectivity index (χ3n) is 4.39. The lowest BCUT2D eigenvalue weighted by Gasteiger charge is -2.17. The number of rotatable bonds is 18. The Balaban J connectivity index is 0. The summed E-state index contributed by atoms with van der Waals surface area (Å²) in [6.07, 6.45) is 9.99. The molecule has 4 N–H and O–H groups in total. The van der Waals surface area contributed by atoms with Crippen molar-refractivity contribution < 1.29 is 34.8 Å². The van der Waals surface area contributed by atoms with Crippen molar-refractivity contribution in [2.45, 2.75) is 84.2 Å². The maximum atomic E-state index is 11.3. The summed E-state index contributed by atoms with van der Waals surface area (Å²) in [6.45, 7) is 5.34. The number of unbranched alkanes of at least 4 members (excludes halogenated alkanes) is 8. The molecule has 0 aromatic rings. The van der Waals surface area contributed by atoms with Gasteiger partial charge < -0.3 is 25.2 Å². The first-order valence-corrected chi connectivity index (χ1v) is 10.9. The van der Waals surface area contributed by atoms with Crippen molar-refractivity contribution in [3.05, 3.63) is 0 Å². The van der Waals surface area contributed by atoms with E-state index in [1.54, 1.807) is 4.90 Å². The molecule has 8 heteroatoms. The molecule has 29 heavy (non-hydrogen) atoms. The van der Waals surface area contributed by atoms with Gasteiger partial charge in [0.25, 0.3) is 0 Å². The number of aliphatic carboxylic acids is 1. The van der Waals surface area contributed by atoms with Crippen LogP contribution in [0.5, 0.6) is 0 Å². The molecule has 0 aromatic carbocycles. The molecular weight excluding hydrogens is 378 g/mol. The largest absolute Gasteiger partial charge is 0.479 e. The van der Waals surface area contributed by atoms with Gasteiger partial charge >= 0.3 is 11.9 Å². The maximum Gasteiger partial charge on any atom is 0.344 e. The van der Waals surface area contributed by atoms with Crippen LogP contribution in [0.4, 0.5) is 0 Å². The van der Waals surface area contributed by atoms with Crippen molar-refractivity contribution in [3.8, 4) is 0 Å². The number of hydrogen-bond acceptors (Lipinski definition) is 7. The molecule has 0 saturated carbocycles. The minimum Gasteiger partial charge on any atom is -0.479 e. The van der Waals surface area contributed by atoms with Crippen molar-refractivity contribution in [1.82, 2.24) is 4.90 Å². The van der Waals surface area contributed by atoms with E-state index in [0.29, 0.717) is 26.1 Å². The van der Waals surface area contributed by atoms with E-state index in [1.165, 1.54) is 45.4 Å². The van der Waals surface area contributed by atoms with E-state index in [2.05, 4.69) is 6.92 Å². The highest BCUT2D eigenvalue weighted by atomic mass is 16.6. The smallest absolute Gasteiger partial charge is 0.344 e. The predicted molar refractivity (Wildman–Crippen MR) is 113 cm³/mol. The number of aliphatic hydroxyl groups is 3. The summed E-state index contributed by atoms with van der Waals surface area (Å²) in [4.78, 5) is 23.6. The van der Waals surface area contributed by atoms with Gasteiger partial charge in [0.2, 0.25) is 0 Å². The normalized spacial score (nSPS) is 11.7. The second-order valence-corrected chi connectivity index (χ2v) is 7.06. The lowest BCUT2D eigenvalue weighted by Crippen LogP contribution is -2.32. The molecule has 0 spiro atoms. The van der Waals surface area contributed by atoms with E-state index >= 15 is 0 Å². The van der Waals surface area contributed by atoms with Gasteiger partial charge in [0.1, 0.15) is 0 Å². The van der Waals surface area contributed by atoms with E-state index in [9.17, 15) is 9.59 Å². The molecule has 0 saturated heterocycles. The van der Waals surface area contributed by atoms with Gasteiger partial charge in [-0.05, 0) is 13.3 Å². The van der Waals surface area contributed by atoms with E-state index in [1.807, 2.05) is 0 Å². The monoisotopic (exact) mass is 421 g/mol. The minimum atomic E-state index is -1.10. The van der Waals surface area contributed by atoms with Crippen LogP contribution in [0.1, 0.15) is 78.1 Å². The zero-order valence-corrected chi connectivity index (χ0v) is 18.4. The van der Waals surface area contributed by atoms with Gasteiger partial charge in [-0.1, -0.05) is 58.3 Å². The van der Waals surface area contributed by atoms with Gasteiger partial charge in [-0.2, -0.15) is 0 Å². The van der Waals surface area contributed by atoms with Gasteiger partial charge in [-0.15, -0.1) is 0 Å². The molecule has 1 unspecified atom stereocenters. The number of carboxylic acids is 1. The standard InChI is InChI=1S/C15H28O4.C6H15NO3/c1-3-4-5-6-7-8-9-10-11-12-14(16)19-13(2)15(17)18;8-4-1-7(2-5-9)3-6-10/h13H,3-12H2,1-2H3,(H,17,18);8-10H,1-6H2. The number of esters is 1. The molecular formula is C21H43NO7. The zero-order chi connectivity index (χ0) is 22.3. The number of carbonyl (C=O) groups is 2. The van der Waals surface area contributed by atoms with Crippen molar-refractivity contribution in [2.24, 2.45) is 0 Å². The molecule has 0 fully saturated rings. The van der Waals surface area contributed by atoms with E-state index in [0.717, 1.165) is 19.3 Å². The summed E-state index contributed by atoms with van der Waals surface area (Å²) in [5, 5.41) is 34.0. The Kier molecular flexibility index (Phi) is 23.8. The zero-order valence-electron chi connectivity index (χ0n) is 18.4. The number of ether oxygens (including phenoxy) is 1. The fourth-order valence-corrected chi connectivity index (χ4v) is 2.65. The van der Waals surface area contributed by atoms with E-state index < -0.39 is 18.0 Å². The Labute approximate surface area is 175 Å². The van der Waals surface area contributed by atoms with Crippen LogP contribution < -0.4 is 0 Å². The first kappa shape index (κ1) is 30.0. The summed E-state index contributed by atoms with van der Waals surface area (Å²) >= 11 is 0. The molecule has 0 aliphatic rings. The molecule has 0 radical (unpaired) electrons.